The van der Waals surface area contributed by atoms with E-state index in [9.17, 15) is 8.78 Å². The highest BCUT2D eigenvalue weighted by Crippen LogP contribution is 2.38. The first-order valence-corrected chi connectivity index (χ1v) is 9.09. The van der Waals surface area contributed by atoms with Gasteiger partial charge in [0.15, 0.2) is 17.6 Å². The number of nitrogens with one attached hydrogen (secondary N) is 1. The minimum atomic E-state index is -0.811. The van der Waals surface area contributed by atoms with Crippen LogP contribution in [-0.2, 0) is 4.74 Å². The standard InChI is InChI=1S/C19H27F2N3O/c1-3-22-18(24-8-6-19(12-24)7-9-25-13-19)23-11-14(2)15-4-5-16(20)17(21)10-15/h4-5,10,14H,3,6-9,11-13H2,1-2H3,(H,22,23). The summed E-state index contributed by atoms with van der Waals surface area (Å²) in [6, 6.07) is 4.08. The number of nitrogens with zero attached hydrogens (tertiary/aromatic N) is 2. The summed E-state index contributed by atoms with van der Waals surface area (Å²) < 4.78 is 32.1. The van der Waals surface area contributed by atoms with Crippen LogP contribution in [0.3, 0.4) is 0 Å². The number of aliphatic imine (C=N–C) groups is 1. The van der Waals surface area contributed by atoms with E-state index in [0.717, 1.165) is 57.2 Å². The molecule has 1 aromatic rings. The average molecular weight is 351 g/mol. The SMILES string of the molecule is CCNC(=NCC(C)c1ccc(F)c(F)c1)N1CCC2(CCOC2)C1. The summed E-state index contributed by atoms with van der Waals surface area (Å²) in [7, 11) is 0. The molecule has 138 valence electrons. The van der Waals surface area contributed by atoms with Crippen LogP contribution in [0, 0.1) is 17.0 Å². The maximum absolute atomic E-state index is 13.4. The van der Waals surface area contributed by atoms with Crippen molar-refractivity contribution in [3.05, 3.63) is 35.4 Å². The Hall–Kier alpha value is -1.69. The highest BCUT2D eigenvalue weighted by atomic mass is 19.2. The van der Waals surface area contributed by atoms with E-state index < -0.39 is 11.6 Å². The topological polar surface area (TPSA) is 36.9 Å². The van der Waals surface area contributed by atoms with E-state index in [1.54, 1.807) is 6.07 Å². The van der Waals surface area contributed by atoms with Gasteiger partial charge in [-0.2, -0.15) is 0 Å². The molecule has 2 aliphatic heterocycles. The van der Waals surface area contributed by atoms with Gasteiger partial charge in [-0.3, -0.25) is 4.99 Å². The molecule has 1 spiro atoms. The Bertz CT molecular complexity index is 629. The van der Waals surface area contributed by atoms with Crippen LogP contribution in [-0.4, -0.2) is 50.3 Å². The van der Waals surface area contributed by atoms with Crippen molar-refractivity contribution in [1.29, 1.82) is 0 Å². The van der Waals surface area contributed by atoms with Crippen molar-refractivity contribution in [2.24, 2.45) is 10.4 Å². The van der Waals surface area contributed by atoms with Crippen molar-refractivity contribution in [3.8, 4) is 0 Å². The van der Waals surface area contributed by atoms with Gasteiger partial charge in [-0.05, 0) is 37.5 Å². The van der Waals surface area contributed by atoms with Crippen molar-refractivity contribution in [3.63, 3.8) is 0 Å². The second-order valence-electron chi connectivity index (χ2n) is 7.24. The van der Waals surface area contributed by atoms with Crippen LogP contribution in [0.25, 0.3) is 0 Å². The molecule has 0 aliphatic carbocycles. The van der Waals surface area contributed by atoms with E-state index in [1.165, 1.54) is 12.1 Å². The van der Waals surface area contributed by atoms with Gasteiger partial charge in [-0.25, -0.2) is 8.78 Å². The Kier molecular flexibility index (Phi) is 5.57. The maximum atomic E-state index is 13.4. The maximum Gasteiger partial charge on any atom is 0.193 e. The zero-order valence-electron chi connectivity index (χ0n) is 15.0. The summed E-state index contributed by atoms with van der Waals surface area (Å²) in [6.45, 7) is 9.02. The molecule has 0 aromatic heterocycles. The number of hydrogen-bond acceptors (Lipinski definition) is 2. The molecule has 2 heterocycles. The van der Waals surface area contributed by atoms with Crippen LogP contribution < -0.4 is 5.32 Å². The first-order chi connectivity index (χ1) is 12.0. The van der Waals surface area contributed by atoms with Gasteiger partial charge in [-0.15, -0.1) is 0 Å². The normalized spacial score (nSPS) is 25.0. The smallest absolute Gasteiger partial charge is 0.193 e. The summed E-state index contributed by atoms with van der Waals surface area (Å²) in [5.74, 6) is -0.687. The van der Waals surface area contributed by atoms with Crippen LogP contribution in [0.1, 0.15) is 38.2 Å². The molecule has 3 rings (SSSR count). The quantitative estimate of drug-likeness (QED) is 0.669. The van der Waals surface area contributed by atoms with Gasteiger partial charge in [0.05, 0.1) is 6.61 Å². The minimum absolute atomic E-state index is 0.0233. The lowest BCUT2D eigenvalue weighted by atomic mass is 9.87. The second kappa shape index (κ2) is 7.68. The van der Waals surface area contributed by atoms with Crippen molar-refractivity contribution >= 4 is 5.96 Å². The second-order valence-corrected chi connectivity index (χ2v) is 7.24. The van der Waals surface area contributed by atoms with Crippen molar-refractivity contribution in [2.75, 3.05) is 39.4 Å². The highest BCUT2D eigenvalue weighted by molar-refractivity contribution is 5.80. The minimum Gasteiger partial charge on any atom is -0.381 e. The van der Waals surface area contributed by atoms with Crippen LogP contribution in [0.5, 0.6) is 0 Å². The fourth-order valence-electron chi connectivity index (χ4n) is 3.66. The largest absolute Gasteiger partial charge is 0.381 e. The molecule has 0 saturated carbocycles. The molecule has 4 nitrogen and oxygen atoms in total. The van der Waals surface area contributed by atoms with Gasteiger partial charge in [0.25, 0.3) is 0 Å². The Morgan fingerprint density at radius 1 is 1.36 bits per heavy atom. The van der Waals surface area contributed by atoms with Gasteiger partial charge in [-0.1, -0.05) is 13.0 Å². The van der Waals surface area contributed by atoms with Gasteiger partial charge < -0.3 is 15.0 Å². The number of guanidine groups is 1. The van der Waals surface area contributed by atoms with Crippen molar-refractivity contribution < 1.29 is 13.5 Å². The Morgan fingerprint density at radius 2 is 2.20 bits per heavy atom. The Balaban J connectivity index is 1.66. The summed E-state index contributed by atoms with van der Waals surface area (Å²) in [4.78, 5) is 7.05. The molecule has 0 radical (unpaired) electrons. The predicted octanol–water partition coefficient (Wildman–Crippen LogP) is 3.15. The molecular weight excluding hydrogens is 324 g/mol. The third kappa shape index (κ3) is 4.11. The molecule has 2 atom stereocenters. The van der Waals surface area contributed by atoms with E-state index in [0.29, 0.717) is 6.54 Å². The van der Waals surface area contributed by atoms with Gasteiger partial charge in [0, 0.05) is 44.1 Å². The van der Waals surface area contributed by atoms with Crippen molar-refractivity contribution in [2.45, 2.75) is 32.6 Å². The van der Waals surface area contributed by atoms with E-state index in [2.05, 4.69) is 17.1 Å². The van der Waals surface area contributed by atoms with Crippen LogP contribution in [0.15, 0.2) is 23.2 Å². The van der Waals surface area contributed by atoms with E-state index in [-0.39, 0.29) is 11.3 Å². The molecule has 1 N–H and O–H groups in total. The number of halogens is 2. The van der Waals surface area contributed by atoms with E-state index >= 15 is 0 Å². The summed E-state index contributed by atoms with van der Waals surface area (Å²) in [6.07, 6.45) is 2.25. The number of likely N-dealkylation sites (tertiary alicyclic amines) is 1. The third-order valence-electron chi connectivity index (χ3n) is 5.29. The van der Waals surface area contributed by atoms with Gasteiger partial charge in [0.1, 0.15) is 0 Å². The fraction of sp³-hybridized carbons (Fsp3) is 0.632. The number of ether oxygens (including phenoxy) is 1. The van der Waals surface area contributed by atoms with Crippen molar-refractivity contribution in [1.82, 2.24) is 10.2 Å². The average Bonchev–Trinajstić information content (AvgIpc) is 3.24. The fourth-order valence-corrected chi connectivity index (χ4v) is 3.66. The molecule has 0 bridgehead atoms. The van der Waals surface area contributed by atoms with E-state index in [4.69, 9.17) is 9.73 Å². The molecule has 0 amide bonds. The molecule has 2 fully saturated rings. The zero-order valence-corrected chi connectivity index (χ0v) is 15.0. The van der Waals surface area contributed by atoms with Crippen LogP contribution >= 0.6 is 0 Å². The lowest BCUT2D eigenvalue weighted by Gasteiger charge is -2.25. The zero-order chi connectivity index (χ0) is 17.9. The first kappa shape index (κ1) is 18.1. The number of hydrogen-bond donors (Lipinski definition) is 1. The molecule has 2 aliphatic rings. The summed E-state index contributed by atoms with van der Waals surface area (Å²) >= 11 is 0. The Morgan fingerprint density at radius 3 is 2.88 bits per heavy atom. The predicted molar refractivity (Wildman–Crippen MR) is 94.8 cm³/mol. The Labute approximate surface area is 148 Å². The van der Waals surface area contributed by atoms with Crippen LogP contribution in [0.2, 0.25) is 0 Å². The number of rotatable bonds is 4. The molecule has 2 saturated heterocycles. The molecular formula is C19H27F2N3O. The summed E-state index contributed by atoms with van der Waals surface area (Å²) in [5.41, 5.74) is 1.04. The molecule has 2 unspecified atom stereocenters. The molecule has 6 heteroatoms. The number of benzene rings is 1. The van der Waals surface area contributed by atoms with Crippen LogP contribution in [0.4, 0.5) is 8.78 Å². The van der Waals surface area contributed by atoms with E-state index in [1.807, 2.05) is 6.92 Å². The molecule has 25 heavy (non-hydrogen) atoms. The molecule has 1 aromatic carbocycles. The van der Waals surface area contributed by atoms with Gasteiger partial charge in [0.2, 0.25) is 0 Å². The third-order valence-corrected chi connectivity index (χ3v) is 5.29. The highest BCUT2D eigenvalue weighted by Gasteiger charge is 2.42. The lowest BCUT2D eigenvalue weighted by molar-refractivity contribution is 0.156. The first-order valence-electron chi connectivity index (χ1n) is 9.09. The lowest BCUT2D eigenvalue weighted by Crippen LogP contribution is -2.41. The monoisotopic (exact) mass is 351 g/mol. The summed E-state index contributed by atoms with van der Waals surface area (Å²) in [5, 5.41) is 3.36. The van der Waals surface area contributed by atoms with Gasteiger partial charge >= 0.3 is 0 Å².